The SMILES string of the molecule is ClC1=C(Cl)[C@]2(Cl)C(Cl)=C(Cl)[C@@H]3C[C@H]1[C@@H](Cl)[C@@H]32. The Balaban J connectivity index is 2.29. The van der Waals surface area contributed by atoms with Crippen LogP contribution in [0.1, 0.15) is 6.42 Å². The molecule has 0 aromatic heterocycles. The summed E-state index contributed by atoms with van der Waals surface area (Å²) in [4.78, 5) is -0.999. The molecule has 3 rings (SSSR count). The number of rotatable bonds is 0. The molecule has 1 saturated carbocycles. The molecule has 3 aliphatic carbocycles. The first kappa shape index (κ1) is 12.3. The third-order valence-corrected chi connectivity index (χ3v) is 7.37. The van der Waals surface area contributed by atoms with Crippen LogP contribution in [0.4, 0.5) is 0 Å². The van der Waals surface area contributed by atoms with Crippen LogP contribution in [0.15, 0.2) is 20.1 Å². The van der Waals surface area contributed by atoms with Gasteiger partial charge in [-0.25, -0.2) is 0 Å². The van der Waals surface area contributed by atoms with Crippen LogP contribution >= 0.6 is 69.6 Å². The maximum Gasteiger partial charge on any atom is 0.122 e. The van der Waals surface area contributed by atoms with Crippen molar-refractivity contribution in [1.82, 2.24) is 0 Å². The molecule has 0 aromatic carbocycles. The van der Waals surface area contributed by atoms with Crippen molar-refractivity contribution >= 4 is 69.6 Å². The second-order valence-electron chi connectivity index (χ2n) is 4.45. The van der Waals surface area contributed by atoms with Crippen LogP contribution in [0.25, 0.3) is 0 Å². The molecule has 88 valence electrons. The normalized spacial score (nSPS) is 50.6. The van der Waals surface area contributed by atoms with E-state index in [0.717, 1.165) is 6.42 Å². The summed E-state index contributed by atoms with van der Waals surface area (Å²) >= 11 is 37.8. The second-order valence-corrected chi connectivity index (χ2v) is 7.12. The van der Waals surface area contributed by atoms with E-state index in [1.54, 1.807) is 0 Å². The lowest BCUT2D eigenvalue weighted by atomic mass is 9.84. The lowest BCUT2D eigenvalue weighted by Crippen LogP contribution is -2.40. The second kappa shape index (κ2) is 3.62. The Hall–Kier alpha value is 1.22. The summed E-state index contributed by atoms with van der Waals surface area (Å²) in [5, 5.41) is 1.76. The highest BCUT2D eigenvalue weighted by Crippen LogP contribution is 2.69. The summed E-state index contributed by atoms with van der Waals surface area (Å²) in [5.74, 6) is 0.0937. The third-order valence-electron chi connectivity index (χ3n) is 3.84. The number of halogens is 6. The number of hydrogen-bond acceptors (Lipinski definition) is 0. The maximum atomic E-state index is 6.55. The van der Waals surface area contributed by atoms with Crippen molar-refractivity contribution in [3.8, 4) is 0 Å². The van der Waals surface area contributed by atoms with Crippen molar-refractivity contribution in [2.75, 3.05) is 0 Å². The first-order valence-electron chi connectivity index (χ1n) is 4.85. The predicted octanol–water partition coefficient (Wildman–Crippen LogP) is 5.23. The van der Waals surface area contributed by atoms with Gasteiger partial charge in [-0.1, -0.05) is 46.4 Å². The lowest BCUT2D eigenvalue weighted by Gasteiger charge is -2.37. The molecule has 2 bridgehead atoms. The number of allylic oxidation sites excluding steroid dienone is 4. The molecule has 0 nitrogen and oxygen atoms in total. The molecular formula is C10H6Cl6. The van der Waals surface area contributed by atoms with Crippen LogP contribution in [0.2, 0.25) is 0 Å². The van der Waals surface area contributed by atoms with Crippen molar-refractivity contribution in [1.29, 1.82) is 0 Å². The van der Waals surface area contributed by atoms with Crippen molar-refractivity contribution in [2.45, 2.75) is 16.7 Å². The van der Waals surface area contributed by atoms with Crippen LogP contribution in [0, 0.1) is 17.8 Å². The summed E-state index contributed by atoms with van der Waals surface area (Å²) in [6.07, 6.45) is 0.775. The minimum Gasteiger partial charge on any atom is -0.122 e. The van der Waals surface area contributed by atoms with Crippen molar-refractivity contribution < 1.29 is 0 Å². The Morgan fingerprint density at radius 1 is 0.938 bits per heavy atom. The van der Waals surface area contributed by atoms with Crippen LogP contribution in [0.5, 0.6) is 0 Å². The van der Waals surface area contributed by atoms with Gasteiger partial charge in [-0.3, -0.25) is 0 Å². The van der Waals surface area contributed by atoms with Gasteiger partial charge in [-0.05, 0) is 6.42 Å². The Morgan fingerprint density at radius 2 is 1.44 bits per heavy atom. The van der Waals surface area contributed by atoms with E-state index in [1.165, 1.54) is 0 Å². The molecule has 16 heavy (non-hydrogen) atoms. The van der Waals surface area contributed by atoms with Crippen molar-refractivity contribution in [2.24, 2.45) is 17.8 Å². The summed E-state index contributed by atoms with van der Waals surface area (Å²) in [7, 11) is 0. The lowest BCUT2D eigenvalue weighted by molar-refractivity contribution is 0.433. The summed E-state index contributed by atoms with van der Waals surface area (Å²) < 4.78 is 0. The standard InChI is InChI=1S/C10H6Cl6/c11-5-3-1-2-4(5)10(16,8(14)6(2)12)9(15)7(3)13/h2-5H,1H2/t2-,3+,4-,5-,10-/m1/s1. The minimum atomic E-state index is -0.999. The molecule has 0 heterocycles. The largest absolute Gasteiger partial charge is 0.122 e. The first-order valence-corrected chi connectivity index (χ1v) is 7.17. The quantitative estimate of drug-likeness (QED) is 0.530. The highest BCUT2D eigenvalue weighted by molar-refractivity contribution is 6.53. The van der Waals surface area contributed by atoms with Gasteiger partial charge in [0.1, 0.15) is 4.87 Å². The zero-order valence-electron chi connectivity index (χ0n) is 7.78. The Kier molecular flexibility index (Phi) is 2.77. The van der Waals surface area contributed by atoms with Crippen molar-refractivity contribution in [3.05, 3.63) is 20.1 Å². The van der Waals surface area contributed by atoms with Crippen molar-refractivity contribution in [3.63, 3.8) is 0 Å². The van der Waals surface area contributed by atoms with E-state index < -0.39 is 4.87 Å². The highest BCUT2D eigenvalue weighted by Gasteiger charge is 2.65. The van der Waals surface area contributed by atoms with E-state index in [1.807, 2.05) is 0 Å². The first-order chi connectivity index (χ1) is 7.40. The van der Waals surface area contributed by atoms with E-state index in [4.69, 9.17) is 69.6 Å². The van der Waals surface area contributed by atoms with Gasteiger partial charge in [-0.15, -0.1) is 23.2 Å². The zero-order chi connectivity index (χ0) is 11.8. The fourth-order valence-corrected chi connectivity index (χ4v) is 5.91. The third kappa shape index (κ3) is 1.17. The van der Waals surface area contributed by atoms with Crippen LogP contribution in [-0.2, 0) is 0 Å². The van der Waals surface area contributed by atoms with Gasteiger partial charge in [0.05, 0.1) is 10.1 Å². The molecule has 3 aliphatic rings. The van der Waals surface area contributed by atoms with Crippen LogP contribution in [0.3, 0.4) is 0 Å². The van der Waals surface area contributed by atoms with E-state index >= 15 is 0 Å². The molecule has 6 heteroatoms. The number of fused-ring (bicyclic) bond motifs is 1. The van der Waals surface area contributed by atoms with Gasteiger partial charge in [0.2, 0.25) is 0 Å². The van der Waals surface area contributed by atoms with Gasteiger partial charge >= 0.3 is 0 Å². The molecule has 0 aliphatic heterocycles. The van der Waals surface area contributed by atoms with Gasteiger partial charge in [0.15, 0.2) is 0 Å². The smallest absolute Gasteiger partial charge is 0.122 e. The molecule has 0 aromatic rings. The number of hydrogen-bond donors (Lipinski definition) is 0. The molecule has 5 atom stereocenters. The zero-order valence-corrected chi connectivity index (χ0v) is 12.3. The molecular weight excluding hydrogens is 333 g/mol. The minimum absolute atomic E-state index is 0.0455. The van der Waals surface area contributed by atoms with Gasteiger partial charge in [-0.2, -0.15) is 0 Å². The van der Waals surface area contributed by atoms with Gasteiger partial charge in [0.25, 0.3) is 0 Å². The molecule has 0 radical (unpaired) electrons. The molecule has 0 amide bonds. The molecule has 0 spiro atoms. The fourth-order valence-electron chi connectivity index (χ4n) is 3.09. The monoisotopic (exact) mass is 336 g/mol. The van der Waals surface area contributed by atoms with Gasteiger partial charge in [0, 0.05) is 33.2 Å². The molecule has 0 unspecified atom stereocenters. The Labute approximate surface area is 123 Å². The molecule has 0 saturated heterocycles. The van der Waals surface area contributed by atoms with Gasteiger partial charge < -0.3 is 0 Å². The van der Waals surface area contributed by atoms with E-state index in [0.29, 0.717) is 20.1 Å². The summed E-state index contributed by atoms with van der Waals surface area (Å²) in [5.41, 5.74) is 0. The number of alkyl halides is 2. The Morgan fingerprint density at radius 3 is 2.00 bits per heavy atom. The highest BCUT2D eigenvalue weighted by atomic mass is 35.5. The molecule has 0 N–H and O–H groups in total. The summed E-state index contributed by atoms with van der Waals surface area (Å²) in [6.45, 7) is 0. The van der Waals surface area contributed by atoms with Crippen LogP contribution < -0.4 is 0 Å². The predicted molar refractivity (Wildman–Crippen MR) is 70.8 cm³/mol. The van der Waals surface area contributed by atoms with E-state index in [-0.39, 0.29) is 23.1 Å². The average molecular weight is 339 g/mol. The van der Waals surface area contributed by atoms with E-state index in [9.17, 15) is 0 Å². The topological polar surface area (TPSA) is 0 Å². The van der Waals surface area contributed by atoms with E-state index in [2.05, 4.69) is 0 Å². The summed E-state index contributed by atoms with van der Waals surface area (Å²) in [6, 6.07) is 0. The maximum absolute atomic E-state index is 6.55. The fraction of sp³-hybridized carbons (Fsp3) is 0.600. The Bertz CT molecular complexity index is 439. The molecule has 1 fully saturated rings. The average Bonchev–Trinajstić information content (AvgIpc) is 2.66. The van der Waals surface area contributed by atoms with Crippen LogP contribution in [-0.4, -0.2) is 10.3 Å².